The van der Waals surface area contributed by atoms with Crippen molar-refractivity contribution in [3.8, 4) is 0 Å². The number of carbonyl (C=O) groups excluding carboxylic acids is 2. The van der Waals surface area contributed by atoms with Gasteiger partial charge in [0.2, 0.25) is 0 Å². The molecule has 1 N–H and O–H groups in total. The molecular formula is C14H10Cl2N2O2. The maximum absolute atomic E-state index is 12.0. The minimum absolute atomic E-state index is 0.200. The van der Waals surface area contributed by atoms with E-state index in [1.165, 1.54) is 12.4 Å². The monoisotopic (exact) mass is 308 g/mol. The number of aromatic nitrogens is 1. The Morgan fingerprint density at radius 3 is 2.30 bits per heavy atom. The quantitative estimate of drug-likeness (QED) is 0.883. The zero-order valence-electron chi connectivity index (χ0n) is 10.3. The van der Waals surface area contributed by atoms with Crippen molar-refractivity contribution >= 4 is 35.4 Å². The lowest BCUT2D eigenvalue weighted by Gasteiger charge is -2.08. The van der Waals surface area contributed by atoms with Crippen LogP contribution < -0.4 is 5.32 Å². The third kappa shape index (κ3) is 3.35. The molecule has 0 unspecified atom stereocenters. The predicted octanol–water partition coefficient (Wildman–Crippen LogP) is 3.13. The highest BCUT2D eigenvalue weighted by molar-refractivity contribution is 6.39. The highest BCUT2D eigenvalue weighted by Gasteiger charge is 2.14. The van der Waals surface area contributed by atoms with Crippen molar-refractivity contribution in [2.75, 3.05) is 0 Å². The molecule has 0 radical (unpaired) electrons. The van der Waals surface area contributed by atoms with Gasteiger partial charge in [0.05, 0.1) is 15.6 Å². The van der Waals surface area contributed by atoms with Crippen molar-refractivity contribution < 1.29 is 9.59 Å². The minimum atomic E-state index is -0.373. The van der Waals surface area contributed by atoms with Gasteiger partial charge in [-0.3, -0.25) is 14.6 Å². The standard InChI is InChI=1S/C14H10Cl2N2O2/c15-11-6-17-7-12(16)13(11)14(20)18-5-9-1-3-10(8-19)4-2-9/h1-4,6-8H,5H2,(H,18,20). The predicted molar refractivity (Wildman–Crippen MR) is 77.3 cm³/mol. The van der Waals surface area contributed by atoms with Gasteiger partial charge in [-0.2, -0.15) is 0 Å². The van der Waals surface area contributed by atoms with Gasteiger partial charge in [-0.05, 0) is 5.56 Å². The number of nitrogens with one attached hydrogen (secondary N) is 1. The highest BCUT2D eigenvalue weighted by atomic mass is 35.5. The highest BCUT2D eigenvalue weighted by Crippen LogP contribution is 2.22. The molecule has 0 spiro atoms. The summed E-state index contributed by atoms with van der Waals surface area (Å²) < 4.78 is 0. The summed E-state index contributed by atoms with van der Waals surface area (Å²) in [6.45, 7) is 0.312. The summed E-state index contributed by atoms with van der Waals surface area (Å²) in [5, 5.41) is 3.11. The molecule has 0 saturated heterocycles. The van der Waals surface area contributed by atoms with E-state index in [0.717, 1.165) is 11.8 Å². The Morgan fingerprint density at radius 2 is 1.75 bits per heavy atom. The summed E-state index contributed by atoms with van der Waals surface area (Å²) in [5.74, 6) is -0.373. The van der Waals surface area contributed by atoms with Gasteiger partial charge in [0.15, 0.2) is 0 Å². The van der Waals surface area contributed by atoms with Gasteiger partial charge >= 0.3 is 0 Å². The third-order valence-electron chi connectivity index (χ3n) is 2.65. The van der Waals surface area contributed by atoms with Gasteiger partial charge in [0.1, 0.15) is 6.29 Å². The van der Waals surface area contributed by atoms with Crippen molar-refractivity contribution in [3.63, 3.8) is 0 Å². The molecule has 1 aromatic heterocycles. The summed E-state index contributed by atoms with van der Waals surface area (Å²) in [5.41, 5.74) is 1.65. The molecule has 0 fully saturated rings. The zero-order chi connectivity index (χ0) is 14.5. The lowest BCUT2D eigenvalue weighted by atomic mass is 10.1. The number of rotatable bonds is 4. The Morgan fingerprint density at radius 1 is 1.15 bits per heavy atom. The number of hydrogen-bond donors (Lipinski definition) is 1. The molecule has 2 rings (SSSR count). The maximum atomic E-state index is 12.0. The van der Waals surface area contributed by atoms with Gasteiger partial charge < -0.3 is 5.32 Å². The van der Waals surface area contributed by atoms with E-state index in [2.05, 4.69) is 10.3 Å². The van der Waals surface area contributed by atoms with Crippen molar-refractivity contribution in [2.45, 2.75) is 6.54 Å². The van der Waals surface area contributed by atoms with Gasteiger partial charge in [0, 0.05) is 24.5 Å². The van der Waals surface area contributed by atoms with Crippen LogP contribution in [0, 0.1) is 0 Å². The first-order valence-electron chi connectivity index (χ1n) is 5.73. The van der Waals surface area contributed by atoms with E-state index in [4.69, 9.17) is 23.2 Å². The van der Waals surface area contributed by atoms with E-state index in [1.807, 2.05) is 0 Å². The van der Waals surface area contributed by atoms with Crippen LogP contribution in [0.1, 0.15) is 26.3 Å². The third-order valence-corrected chi connectivity index (χ3v) is 3.22. The van der Waals surface area contributed by atoms with Crippen LogP contribution in [0.4, 0.5) is 0 Å². The molecule has 0 aliphatic heterocycles. The maximum Gasteiger partial charge on any atom is 0.254 e. The molecule has 0 aliphatic rings. The molecule has 4 nitrogen and oxygen atoms in total. The Labute approximate surface area is 125 Å². The van der Waals surface area contributed by atoms with Crippen molar-refractivity contribution in [3.05, 3.63) is 63.4 Å². The van der Waals surface area contributed by atoms with Gasteiger partial charge in [-0.25, -0.2) is 0 Å². The number of benzene rings is 1. The second-order valence-electron chi connectivity index (χ2n) is 4.02. The fourth-order valence-corrected chi connectivity index (χ4v) is 2.15. The van der Waals surface area contributed by atoms with Crippen LogP contribution in [0.3, 0.4) is 0 Å². The SMILES string of the molecule is O=Cc1ccc(CNC(=O)c2c(Cl)cncc2Cl)cc1. The Balaban J connectivity index is 2.06. The van der Waals surface area contributed by atoms with Gasteiger partial charge in [-0.15, -0.1) is 0 Å². The summed E-state index contributed by atoms with van der Waals surface area (Å²) >= 11 is 11.8. The molecule has 20 heavy (non-hydrogen) atoms. The first-order valence-corrected chi connectivity index (χ1v) is 6.48. The average molecular weight is 309 g/mol. The fourth-order valence-electron chi connectivity index (χ4n) is 1.61. The number of nitrogens with zero attached hydrogens (tertiary/aromatic N) is 1. The average Bonchev–Trinajstić information content (AvgIpc) is 2.45. The van der Waals surface area contributed by atoms with Gasteiger partial charge in [0.25, 0.3) is 5.91 Å². The molecular weight excluding hydrogens is 299 g/mol. The largest absolute Gasteiger partial charge is 0.348 e. The molecule has 0 bridgehead atoms. The lowest BCUT2D eigenvalue weighted by Crippen LogP contribution is -2.23. The summed E-state index contributed by atoms with van der Waals surface area (Å²) in [6, 6.07) is 6.89. The first-order chi connectivity index (χ1) is 9.61. The van der Waals surface area contributed by atoms with Gasteiger partial charge in [-0.1, -0.05) is 47.5 Å². The first kappa shape index (κ1) is 14.5. The molecule has 2 aromatic rings. The zero-order valence-corrected chi connectivity index (χ0v) is 11.8. The van der Waals surface area contributed by atoms with Crippen LogP contribution in [0.5, 0.6) is 0 Å². The van der Waals surface area contributed by atoms with Crippen LogP contribution in [0.15, 0.2) is 36.7 Å². The van der Waals surface area contributed by atoms with Crippen LogP contribution in [0.25, 0.3) is 0 Å². The van der Waals surface area contributed by atoms with Crippen molar-refractivity contribution in [1.29, 1.82) is 0 Å². The molecule has 102 valence electrons. The van der Waals surface area contributed by atoms with Crippen molar-refractivity contribution in [2.24, 2.45) is 0 Å². The summed E-state index contributed by atoms with van der Waals surface area (Å²) in [7, 11) is 0. The molecule has 1 heterocycles. The molecule has 0 atom stereocenters. The molecule has 1 aromatic carbocycles. The Bertz CT molecular complexity index is 622. The van der Waals surface area contributed by atoms with E-state index in [1.54, 1.807) is 24.3 Å². The summed E-state index contributed by atoms with van der Waals surface area (Å²) in [6.07, 6.45) is 3.49. The molecule has 6 heteroatoms. The van der Waals surface area contributed by atoms with Crippen LogP contribution in [-0.4, -0.2) is 17.2 Å². The van der Waals surface area contributed by atoms with E-state index in [0.29, 0.717) is 12.1 Å². The van der Waals surface area contributed by atoms with E-state index in [-0.39, 0.29) is 21.5 Å². The Hall–Kier alpha value is -1.91. The normalized spacial score (nSPS) is 10.1. The second kappa shape index (κ2) is 6.50. The number of aldehydes is 1. The molecule has 0 saturated carbocycles. The molecule has 0 aliphatic carbocycles. The number of amides is 1. The van der Waals surface area contributed by atoms with E-state index < -0.39 is 0 Å². The van der Waals surface area contributed by atoms with Crippen molar-refractivity contribution in [1.82, 2.24) is 10.3 Å². The van der Waals surface area contributed by atoms with E-state index >= 15 is 0 Å². The van der Waals surface area contributed by atoms with E-state index in [9.17, 15) is 9.59 Å². The number of hydrogen-bond acceptors (Lipinski definition) is 3. The second-order valence-corrected chi connectivity index (χ2v) is 4.83. The number of carbonyl (C=O) groups is 2. The number of halogens is 2. The Kier molecular flexibility index (Phi) is 4.71. The van der Waals surface area contributed by atoms with Crippen LogP contribution >= 0.6 is 23.2 Å². The number of pyridine rings is 1. The summed E-state index contributed by atoms with van der Waals surface area (Å²) in [4.78, 5) is 26.3. The lowest BCUT2D eigenvalue weighted by molar-refractivity contribution is 0.0950. The smallest absolute Gasteiger partial charge is 0.254 e. The topological polar surface area (TPSA) is 59.1 Å². The fraction of sp³-hybridized carbons (Fsp3) is 0.0714. The molecule has 1 amide bonds. The van der Waals surface area contributed by atoms with Crippen LogP contribution in [-0.2, 0) is 6.54 Å². The van der Waals surface area contributed by atoms with Crippen LogP contribution in [0.2, 0.25) is 10.0 Å². The minimum Gasteiger partial charge on any atom is -0.348 e.